The van der Waals surface area contributed by atoms with Crippen molar-refractivity contribution in [2.45, 2.75) is 19.3 Å². The lowest BCUT2D eigenvalue weighted by molar-refractivity contribution is 0.355. The van der Waals surface area contributed by atoms with Crippen LogP contribution in [0, 0.1) is 5.92 Å². The van der Waals surface area contributed by atoms with Crippen molar-refractivity contribution in [2.24, 2.45) is 5.92 Å². The maximum Gasteiger partial charge on any atom is 0.162 e. The van der Waals surface area contributed by atoms with Crippen molar-refractivity contribution in [3.63, 3.8) is 0 Å². The number of nitrogens with one attached hydrogen (secondary N) is 1. The molecule has 0 bridgehead atoms. The highest BCUT2D eigenvalue weighted by Gasteiger charge is 2.22. The third kappa shape index (κ3) is 3.57. The number of methoxy groups -OCH3 is 2. The first kappa shape index (κ1) is 15.0. The summed E-state index contributed by atoms with van der Waals surface area (Å²) in [5.74, 6) is 2.42. The van der Waals surface area contributed by atoms with Crippen LogP contribution in [-0.2, 0) is 0 Å². The Morgan fingerprint density at radius 3 is 2.75 bits per heavy atom. The first-order valence-electron chi connectivity index (χ1n) is 7.40. The summed E-state index contributed by atoms with van der Waals surface area (Å²) in [6, 6.07) is 6.19. The van der Waals surface area contributed by atoms with Crippen molar-refractivity contribution >= 4 is 5.69 Å². The van der Waals surface area contributed by atoms with Gasteiger partial charge in [-0.3, -0.25) is 0 Å². The molecule has 1 fully saturated rings. The fourth-order valence-electron chi connectivity index (χ4n) is 2.89. The Morgan fingerprint density at radius 2 is 2.05 bits per heavy atom. The first-order valence-corrected chi connectivity index (χ1v) is 7.40. The van der Waals surface area contributed by atoms with E-state index >= 15 is 0 Å². The van der Waals surface area contributed by atoms with E-state index in [0.29, 0.717) is 0 Å². The quantitative estimate of drug-likeness (QED) is 0.777. The highest BCUT2D eigenvalue weighted by atomic mass is 16.5. The second-order valence-electron chi connectivity index (χ2n) is 5.39. The molecule has 0 aliphatic carbocycles. The van der Waals surface area contributed by atoms with E-state index in [0.717, 1.165) is 37.1 Å². The van der Waals surface area contributed by atoms with Gasteiger partial charge in [-0.25, -0.2) is 0 Å². The molecule has 1 aromatic rings. The second-order valence-corrected chi connectivity index (χ2v) is 5.39. The van der Waals surface area contributed by atoms with Crippen LogP contribution < -0.4 is 19.7 Å². The lowest BCUT2D eigenvalue weighted by Crippen LogP contribution is -2.20. The molecule has 1 atom stereocenters. The van der Waals surface area contributed by atoms with Crippen LogP contribution in [0.4, 0.5) is 5.69 Å². The molecule has 112 valence electrons. The van der Waals surface area contributed by atoms with Gasteiger partial charge in [-0.2, -0.15) is 0 Å². The molecule has 0 spiro atoms. The molecular weight excluding hydrogens is 252 g/mol. The third-order valence-electron chi connectivity index (χ3n) is 4.06. The predicted octanol–water partition coefficient (Wildman–Crippen LogP) is 2.53. The molecule has 1 N–H and O–H groups in total. The fraction of sp³-hybridized carbons (Fsp3) is 0.625. The summed E-state index contributed by atoms with van der Waals surface area (Å²) >= 11 is 0. The van der Waals surface area contributed by atoms with Gasteiger partial charge in [-0.15, -0.1) is 0 Å². The minimum Gasteiger partial charge on any atom is -0.493 e. The monoisotopic (exact) mass is 278 g/mol. The number of nitrogens with zero attached hydrogens (tertiary/aromatic N) is 1. The summed E-state index contributed by atoms with van der Waals surface area (Å²) in [6.45, 7) is 3.41. The summed E-state index contributed by atoms with van der Waals surface area (Å²) in [4.78, 5) is 2.45. The smallest absolute Gasteiger partial charge is 0.162 e. The molecule has 4 heteroatoms. The molecule has 1 aliphatic heterocycles. The van der Waals surface area contributed by atoms with Crippen LogP contribution in [0.3, 0.4) is 0 Å². The standard InChI is InChI=1S/C16H26N2O2/c1-17-9-4-5-13-8-10-18(12-13)14-6-7-15(19-2)16(11-14)20-3/h6-7,11,13,17H,4-5,8-10,12H2,1-3H3. The van der Waals surface area contributed by atoms with Gasteiger partial charge < -0.3 is 19.7 Å². The van der Waals surface area contributed by atoms with E-state index in [1.54, 1.807) is 14.2 Å². The zero-order chi connectivity index (χ0) is 14.4. The Balaban J connectivity index is 1.95. The second kappa shape index (κ2) is 7.39. The van der Waals surface area contributed by atoms with Gasteiger partial charge in [0.2, 0.25) is 0 Å². The van der Waals surface area contributed by atoms with Crippen molar-refractivity contribution in [2.75, 3.05) is 45.8 Å². The number of benzene rings is 1. The van der Waals surface area contributed by atoms with Gasteiger partial charge in [0, 0.05) is 24.8 Å². The van der Waals surface area contributed by atoms with Crippen LogP contribution in [0.5, 0.6) is 11.5 Å². The van der Waals surface area contributed by atoms with Crippen LogP contribution in [0.2, 0.25) is 0 Å². The van der Waals surface area contributed by atoms with Gasteiger partial charge in [-0.05, 0) is 50.9 Å². The topological polar surface area (TPSA) is 33.7 Å². The molecule has 20 heavy (non-hydrogen) atoms. The largest absolute Gasteiger partial charge is 0.493 e. The van der Waals surface area contributed by atoms with Gasteiger partial charge in [0.25, 0.3) is 0 Å². The highest BCUT2D eigenvalue weighted by molar-refractivity contribution is 5.56. The Hall–Kier alpha value is -1.42. The average molecular weight is 278 g/mol. The van der Waals surface area contributed by atoms with E-state index in [9.17, 15) is 0 Å². The lowest BCUT2D eigenvalue weighted by Gasteiger charge is -2.20. The van der Waals surface area contributed by atoms with Crippen LogP contribution >= 0.6 is 0 Å². The summed E-state index contributed by atoms with van der Waals surface area (Å²) in [7, 11) is 5.38. The van der Waals surface area contributed by atoms with Crippen LogP contribution in [0.1, 0.15) is 19.3 Å². The summed E-state index contributed by atoms with van der Waals surface area (Å²) in [5, 5.41) is 3.22. The molecule has 0 amide bonds. The van der Waals surface area contributed by atoms with Gasteiger partial charge in [0.05, 0.1) is 14.2 Å². The van der Waals surface area contributed by atoms with E-state index in [1.165, 1.54) is 24.9 Å². The molecule has 1 saturated heterocycles. The van der Waals surface area contributed by atoms with Gasteiger partial charge in [0.15, 0.2) is 11.5 Å². The van der Waals surface area contributed by atoms with Crippen molar-refractivity contribution in [3.05, 3.63) is 18.2 Å². The average Bonchev–Trinajstić information content (AvgIpc) is 2.95. The third-order valence-corrected chi connectivity index (χ3v) is 4.06. The van der Waals surface area contributed by atoms with Crippen molar-refractivity contribution in [1.82, 2.24) is 5.32 Å². The van der Waals surface area contributed by atoms with Gasteiger partial charge in [0.1, 0.15) is 0 Å². The van der Waals surface area contributed by atoms with E-state index < -0.39 is 0 Å². The Labute approximate surface area is 122 Å². The molecule has 4 nitrogen and oxygen atoms in total. The van der Waals surface area contributed by atoms with E-state index in [2.05, 4.69) is 22.3 Å². The molecule has 1 heterocycles. The normalized spacial score (nSPS) is 18.4. The fourth-order valence-corrected chi connectivity index (χ4v) is 2.89. The van der Waals surface area contributed by atoms with Gasteiger partial charge >= 0.3 is 0 Å². The van der Waals surface area contributed by atoms with Crippen molar-refractivity contribution < 1.29 is 9.47 Å². The molecule has 0 saturated carbocycles. The van der Waals surface area contributed by atoms with E-state index in [4.69, 9.17) is 9.47 Å². The lowest BCUT2D eigenvalue weighted by atomic mass is 10.0. The Kier molecular flexibility index (Phi) is 5.53. The summed E-state index contributed by atoms with van der Waals surface area (Å²) in [6.07, 6.45) is 3.86. The van der Waals surface area contributed by atoms with E-state index in [-0.39, 0.29) is 0 Å². The summed E-state index contributed by atoms with van der Waals surface area (Å²) < 4.78 is 10.7. The highest BCUT2D eigenvalue weighted by Crippen LogP contribution is 2.34. The minimum atomic E-state index is 0.793. The molecule has 1 aliphatic rings. The van der Waals surface area contributed by atoms with Crippen molar-refractivity contribution in [1.29, 1.82) is 0 Å². The molecular formula is C16H26N2O2. The van der Waals surface area contributed by atoms with E-state index in [1.807, 2.05) is 13.1 Å². The number of ether oxygens (including phenoxy) is 2. The Morgan fingerprint density at radius 1 is 1.25 bits per heavy atom. The maximum absolute atomic E-state index is 5.38. The SMILES string of the molecule is CNCCCC1CCN(c2ccc(OC)c(OC)c2)C1. The number of anilines is 1. The van der Waals surface area contributed by atoms with Crippen LogP contribution in [-0.4, -0.2) is 40.9 Å². The molecule has 0 radical (unpaired) electrons. The van der Waals surface area contributed by atoms with Crippen molar-refractivity contribution in [3.8, 4) is 11.5 Å². The first-order chi connectivity index (χ1) is 9.78. The molecule has 1 aromatic carbocycles. The molecule has 0 aromatic heterocycles. The molecule has 1 unspecified atom stereocenters. The predicted molar refractivity (Wildman–Crippen MR) is 83.0 cm³/mol. The number of hydrogen-bond donors (Lipinski definition) is 1. The zero-order valence-corrected chi connectivity index (χ0v) is 12.8. The minimum absolute atomic E-state index is 0.793. The zero-order valence-electron chi connectivity index (χ0n) is 12.8. The van der Waals surface area contributed by atoms with Crippen LogP contribution in [0.25, 0.3) is 0 Å². The Bertz CT molecular complexity index is 423. The van der Waals surface area contributed by atoms with Gasteiger partial charge in [-0.1, -0.05) is 0 Å². The number of rotatable bonds is 7. The molecule has 2 rings (SSSR count). The summed E-state index contributed by atoms with van der Waals surface area (Å²) in [5.41, 5.74) is 1.23. The maximum atomic E-state index is 5.38. The number of hydrogen-bond acceptors (Lipinski definition) is 4. The van der Waals surface area contributed by atoms with Crippen LogP contribution in [0.15, 0.2) is 18.2 Å².